The van der Waals surface area contributed by atoms with E-state index >= 15 is 0 Å². The molecule has 3 aliphatic rings. The van der Waals surface area contributed by atoms with Crippen molar-refractivity contribution in [3.63, 3.8) is 0 Å². The van der Waals surface area contributed by atoms with Crippen molar-refractivity contribution in [2.75, 3.05) is 12.6 Å². The molecular formula is C21H19BrCl2N4O6. The van der Waals surface area contributed by atoms with E-state index in [0.717, 1.165) is 9.47 Å². The van der Waals surface area contributed by atoms with E-state index in [1.165, 1.54) is 35.7 Å². The summed E-state index contributed by atoms with van der Waals surface area (Å²) < 4.78 is 9.00. The molecule has 1 aromatic carbocycles. The number of benzene rings is 1. The maximum absolute atomic E-state index is 13.6. The number of fused-ring (bicyclic) bond motifs is 4. The van der Waals surface area contributed by atoms with Gasteiger partial charge in [0.15, 0.2) is 9.75 Å². The lowest BCUT2D eigenvalue weighted by atomic mass is 9.64. The lowest BCUT2D eigenvalue weighted by Crippen LogP contribution is -2.59. The Hall–Kier alpha value is -2.50. The van der Waals surface area contributed by atoms with Crippen molar-refractivity contribution in [1.82, 2.24) is 18.8 Å². The number of amides is 2. The fourth-order valence-corrected chi connectivity index (χ4v) is 6.81. The highest BCUT2D eigenvalue weighted by molar-refractivity contribution is 9.09. The minimum absolute atomic E-state index is 0.0597. The van der Waals surface area contributed by atoms with Gasteiger partial charge in [-0.05, 0) is 11.6 Å². The third-order valence-corrected chi connectivity index (χ3v) is 8.92. The number of alkyl halides is 3. The molecule has 10 nitrogen and oxygen atoms in total. The Morgan fingerprint density at radius 1 is 1.18 bits per heavy atom. The predicted molar refractivity (Wildman–Crippen MR) is 126 cm³/mol. The van der Waals surface area contributed by atoms with Crippen LogP contribution >= 0.6 is 39.1 Å². The molecule has 2 fully saturated rings. The highest BCUT2D eigenvalue weighted by Gasteiger charge is 2.75. The molecule has 34 heavy (non-hydrogen) atoms. The zero-order chi connectivity index (χ0) is 24.7. The Bertz CT molecular complexity index is 1410. The van der Waals surface area contributed by atoms with Crippen molar-refractivity contribution in [3.8, 4) is 11.5 Å². The average Bonchev–Trinajstić information content (AvgIpc) is 3.12. The molecule has 0 spiro atoms. The number of aromatic nitrogens is 3. The first-order chi connectivity index (χ1) is 16.0. The van der Waals surface area contributed by atoms with Gasteiger partial charge in [-0.25, -0.2) is 23.5 Å². The number of phenols is 1. The van der Waals surface area contributed by atoms with E-state index in [-0.39, 0.29) is 29.9 Å². The molecule has 1 aromatic heterocycles. The Morgan fingerprint density at radius 3 is 2.53 bits per heavy atom. The topological polar surface area (TPSA) is 116 Å². The van der Waals surface area contributed by atoms with Gasteiger partial charge in [0, 0.05) is 31.0 Å². The summed E-state index contributed by atoms with van der Waals surface area (Å²) in [5.74, 6) is -2.23. The maximum atomic E-state index is 13.6. The maximum Gasteiger partial charge on any atom is 0.347 e. The highest BCUT2D eigenvalue weighted by atomic mass is 79.9. The first-order valence-corrected chi connectivity index (χ1v) is 12.2. The number of methoxy groups -OCH3 is 1. The molecule has 1 saturated carbocycles. The number of imide groups is 1. The summed E-state index contributed by atoms with van der Waals surface area (Å²) in [6.45, 7) is 0.0597. The molecule has 2 aromatic rings. The van der Waals surface area contributed by atoms with Crippen LogP contribution in [0.2, 0.25) is 0 Å². The number of carbonyl (C=O) groups excluding carboxylic acids is 2. The molecular weight excluding hydrogens is 555 g/mol. The van der Waals surface area contributed by atoms with E-state index in [1.807, 2.05) is 0 Å². The molecule has 1 N–H and O–H groups in total. The number of allylic oxidation sites excluding steroid dienone is 2. The van der Waals surface area contributed by atoms with Crippen molar-refractivity contribution >= 4 is 50.9 Å². The molecule has 5 rings (SSSR count). The van der Waals surface area contributed by atoms with Crippen LogP contribution in [0.1, 0.15) is 23.9 Å². The second kappa shape index (κ2) is 7.50. The van der Waals surface area contributed by atoms with Gasteiger partial charge >= 0.3 is 11.4 Å². The van der Waals surface area contributed by atoms with Crippen LogP contribution in [-0.2, 0) is 23.2 Å². The van der Waals surface area contributed by atoms with Crippen LogP contribution in [0.5, 0.6) is 11.5 Å². The number of carbonyl (C=O) groups is 2. The fourth-order valence-electron chi connectivity index (χ4n) is 5.41. The summed E-state index contributed by atoms with van der Waals surface area (Å²) >= 11 is 17.3. The number of nitrogens with zero attached hydrogens (tertiary/aromatic N) is 4. The summed E-state index contributed by atoms with van der Waals surface area (Å²) in [7, 11) is 2.76. The molecule has 0 radical (unpaired) electrons. The first-order valence-electron chi connectivity index (χ1n) is 10.3. The van der Waals surface area contributed by atoms with Gasteiger partial charge in [-0.3, -0.25) is 14.5 Å². The number of hydrogen-bond donors (Lipinski definition) is 1. The summed E-state index contributed by atoms with van der Waals surface area (Å²) in [5, 5.41) is 10.0. The highest BCUT2D eigenvalue weighted by Crippen LogP contribution is 2.64. The number of phenolic OH excluding ortho intramolecular Hbond substituents is 1. The van der Waals surface area contributed by atoms with Crippen molar-refractivity contribution < 1.29 is 19.4 Å². The standard InChI is InChI=1S/C21H19BrCl2N4O6/c1-25-18(32)27-6-5-11-13(28(27)19(25)33)8-20(23)16(30)26(9-22)17(31)21(20,24)15(11)12-4-3-10(29)7-14(12)34-2/h3-5,7,13,15,29H,6,8-9H2,1-2H3/t13-,15-,20-,21+/m1/s1. The van der Waals surface area contributed by atoms with Crippen LogP contribution in [0.25, 0.3) is 0 Å². The zero-order valence-corrected chi connectivity index (χ0v) is 21.1. The smallest absolute Gasteiger partial charge is 0.347 e. The molecule has 4 atom stereocenters. The van der Waals surface area contributed by atoms with Crippen molar-refractivity contribution in [2.45, 2.75) is 34.7 Å². The number of aromatic hydroxyl groups is 1. The van der Waals surface area contributed by atoms with E-state index in [4.69, 9.17) is 27.9 Å². The van der Waals surface area contributed by atoms with E-state index in [9.17, 15) is 24.3 Å². The van der Waals surface area contributed by atoms with Gasteiger partial charge in [0.25, 0.3) is 11.8 Å². The zero-order valence-electron chi connectivity index (χ0n) is 18.0. The molecule has 2 amide bonds. The Kier molecular flexibility index (Phi) is 5.13. The quantitative estimate of drug-likeness (QED) is 0.257. The fraction of sp³-hybridized carbons (Fsp3) is 0.429. The number of halogens is 3. The van der Waals surface area contributed by atoms with E-state index in [2.05, 4.69) is 15.9 Å². The third kappa shape index (κ3) is 2.63. The van der Waals surface area contributed by atoms with Crippen LogP contribution < -0.4 is 16.1 Å². The lowest BCUT2D eigenvalue weighted by molar-refractivity contribution is -0.138. The average molecular weight is 574 g/mol. The van der Waals surface area contributed by atoms with Crippen LogP contribution in [-0.4, -0.2) is 58.1 Å². The largest absolute Gasteiger partial charge is 0.508 e. The molecule has 0 unspecified atom stereocenters. The van der Waals surface area contributed by atoms with Crippen molar-refractivity contribution in [3.05, 3.63) is 56.4 Å². The van der Waals surface area contributed by atoms with E-state index < -0.39 is 44.9 Å². The number of rotatable bonds is 3. The van der Waals surface area contributed by atoms with Crippen LogP contribution in [0, 0.1) is 0 Å². The molecule has 1 saturated heterocycles. The molecule has 1 aliphatic carbocycles. The van der Waals surface area contributed by atoms with Gasteiger partial charge in [-0.15, -0.1) is 23.2 Å². The predicted octanol–water partition coefficient (Wildman–Crippen LogP) is 1.41. The van der Waals surface area contributed by atoms with Crippen molar-refractivity contribution in [1.29, 1.82) is 0 Å². The second-order valence-electron chi connectivity index (χ2n) is 8.50. The summed E-state index contributed by atoms with van der Waals surface area (Å²) in [6.07, 6.45) is 1.55. The van der Waals surface area contributed by atoms with Gasteiger partial charge in [0.2, 0.25) is 0 Å². The van der Waals surface area contributed by atoms with Crippen LogP contribution in [0.15, 0.2) is 39.4 Å². The Labute approximate surface area is 211 Å². The van der Waals surface area contributed by atoms with E-state index in [0.29, 0.717) is 11.1 Å². The second-order valence-corrected chi connectivity index (χ2v) is 10.2. The summed E-state index contributed by atoms with van der Waals surface area (Å²) in [4.78, 5) is 49.8. The van der Waals surface area contributed by atoms with Crippen LogP contribution in [0.3, 0.4) is 0 Å². The Balaban J connectivity index is 1.84. The lowest BCUT2D eigenvalue weighted by Gasteiger charge is -2.49. The van der Waals surface area contributed by atoms with Gasteiger partial charge in [-0.2, -0.15) is 0 Å². The molecule has 3 heterocycles. The SMILES string of the molecule is COc1cc(O)ccc1[C@H]1C2=CCn3c(=O)n(C)c(=O)n3[C@@H]2C[C@@]2(Cl)C(=O)N(CBr)C(=O)[C@@]12Cl. The van der Waals surface area contributed by atoms with E-state index in [1.54, 1.807) is 12.1 Å². The van der Waals surface area contributed by atoms with Gasteiger partial charge < -0.3 is 9.84 Å². The third-order valence-electron chi connectivity index (χ3n) is 7.00. The molecule has 0 bridgehead atoms. The van der Waals surface area contributed by atoms with Crippen LogP contribution in [0.4, 0.5) is 0 Å². The number of hydrogen-bond acceptors (Lipinski definition) is 6. The number of ether oxygens (including phenoxy) is 1. The first kappa shape index (κ1) is 23.3. The minimum Gasteiger partial charge on any atom is -0.508 e. The van der Waals surface area contributed by atoms with Gasteiger partial charge in [0.1, 0.15) is 11.5 Å². The summed E-state index contributed by atoms with van der Waals surface area (Å²) in [6, 6.07) is 3.50. The molecule has 2 aliphatic heterocycles. The normalized spacial score (nSPS) is 30.0. The van der Waals surface area contributed by atoms with Gasteiger partial charge in [0.05, 0.1) is 25.2 Å². The summed E-state index contributed by atoms with van der Waals surface area (Å²) in [5.41, 5.74) is -0.240. The number of likely N-dealkylation sites (tertiary alicyclic amines) is 1. The minimum atomic E-state index is -1.95. The van der Waals surface area contributed by atoms with Crippen molar-refractivity contribution in [2.24, 2.45) is 7.05 Å². The van der Waals surface area contributed by atoms with Gasteiger partial charge in [-0.1, -0.05) is 28.1 Å². The monoisotopic (exact) mass is 572 g/mol. The molecule has 180 valence electrons. The Morgan fingerprint density at radius 2 is 1.88 bits per heavy atom. The molecule has 13 heteroatoms.